The number of halogens is 3. The fourth-order valence-electron chi connectivity index (χ4n) is 2.99. The van der Waals surface area contributed by atoms with Crippen LogP contribution in [0.15, 0.2) is 69.9 Å². The SMILES string of the molecule is O=c1oc2cc(Oc3ccc([N+](=O)[O-])cc3C(F)(F)F)ccc2c2ccccc12. The van der Waals surface area contributed by atoms with Gasteiger partial charge < -0.3 is 9.15 Å². The molecule has 6 nitrogen and oxygen atoms in total. The molecular weight excluding hydrogens is 391 g/mol. The summed E-state index contributed by atoms with van der Waals surface area (Å²) >= 11 is 0. The highest BCUT2D eigenvalue weighted by Gasteiger charge is 2.36. The van der Waals surface area contributed by atoms with Gasteiger partial charge >= 0.3 is 11.8 Å². The van der Waals surface area contributed by atoms with Crippen molar-refractivity contribution in [2.24, 2.45) is 0 Å². The second-order valence-electron chi connectivity index (χ2n) is 6.13. The zero-order chi connectivity index (χ0) is 20.8. The molecule has 1 aromatic heterocycles. The Hall–Kier alpha value is -3.88. The second-order valence-corrected chi connectivity index (χ2v) is 6.13. The Balaban J connectivity index is 1.82. The van der Waals surface area contributed by atoms with Gasteiger partial charge in [-0.1, -0.05) is 18.2 Å². The lowest BCUT2D eigenvalue weighted by molar-refractivity contribution is -0.385. The number of hydrogen-bond acceptors (Lipinski definition) is 5. The first kappa shape index (κ1) is 18.5. The molecule has 0 amide bonds. The molecule has 0 fully saturated rings. The van der Waals surface area contributed by atoms with Gasteiger partial charge in [0.2, 0.25) is 0 Å². The maximum atomic E-state index is 13.3. The lowest BCUT2D eigenvalue weighted by Gasteiger charge is -2.14. The normalized spacial score (nSPS) is 11.7. The molecule has 0 aliphatic carbocycles. The molecule has 3 aromatic carbocycles. The molecule has 0 N–H and O–H groups in total. The molecule has 4 aromatic rings. The topological polar surface area (TPSA) is 82.6 Å². The largest absolute Gasteiger partial charge is 0.457 e. The van der Waals surface area contributed by atoms with Crippen molar-refractivity contribution in [3.63, 3.8) is 0 Å². The van der Waals surface area contributed by atoms with E-state index in [1.54, 1.807) is 30.3 Å². The lowest BCUT2D eigenvalue weighted by atomic mass is 10.1. The molecule has 9 heteroatoms. The van der Waals surface area contributed by atoms with E-state index in [9.17, 15) is 28.1 Å². The molecule has 0 aliphatic rings. The molecule has 0 saturated heterocycles. The van der Waals surface area contributed by atoms with Crippen molar-refractivity contribution in [1.82, 2.24) is 0 Å². The summed E-state index contributed by atoms with van der Waals surface area (Å²) in [5, 5.41) is 12.4. The van der Waals surface area contributed by atoms with Gasteiger partial charge in [0.25, 0.3) is 5.69 Å². The number of hydrogen-bond donors (Lipinski definition) is 0. The van der Waals surface area contributed by atoms with Crippen LogP contribution in [0, 0.1) is 10.1 Å². The van der Waals surface area contributed by atoms with Crippen LogP contribution in [0.25, 0.3) is 21.7 Å². The Morgan fingerprint density at radius 3 is 2.34 bits per heavy atom. The number of nitrogens with zero attached hydrogens (tertiary/aromatic N) is 1. The van der Waals surface area contributed by atoms with Crippen LogP contribution < -0.4 is 10.4 Å². The predicted octanol–water partition coefficient (Wildman–Crippen LogP) is 5.67. The number of benzene rings is 3. The Bertz CT molecular complexity index is 1330. The summed E-state index contributed by atoms with van der Waals surface area (Å²) < 4.78 is 50.5. The third kappa shape index (κ3) is 3.38. The molecule has 0 spiro atoms. The zero-order valence-electron chi connectivity index (χ0n) is 14.4. The average Bonchev–Trinajstić information content (AvgIpc) is 2.67. The van der Waals surface area contributed by atoms with E-state index < -0.39 is 33.7 Å². The second kappa shape index (κ2) is 6.62. The fourth-order valence-corrected chi connectivity index (χ4v) is 2.99. The fraction of sp³-hybridized carbons (Fsp3) is 0.0500. The van der Waals surface area contributed by atoms with Crippen LogP contribution in [0.1, 0.15) is 5.56 Å². The average molecular weight is 401 g/mol. The minimum atomic E-state index is -4.86. The van der Waals surface area contributed by atoms with E-state index in [-0.39, 0.29) is 11.3 Å². The van der Waals surface area contributed by atoms with Crippen LogP contribution in [0.4, 0.5) is 18.9 Å². The Morgan fingerprint density at radius 1 is 0.931 bits per heavy atom. The summed E-state index contributed by atoms with van der Waals surface area (Å²) in [6, 6.07) is 13.3. The van der Waals surface area contributed by atoms with Crippen LogP contribution in [-0.4, -0.2) is 4.92 Å². The molecule has 0 radical (unpaired) electrons. The smallest absolute Gasteiger partial charge is 0.420 e. The minimum absolute atomic E-state index is 0.0183. The zero-order valence-corrected chi connectivity index (χ0v) is 14.4. The van der Waals surface area contributed by atoms with E-state index in [0.29, 0.717) is 22.2 Å². The van der Waals surface area contributed by atoms with Crippen molar-refractivity contribution >= 4 is 27.4 Å². The molecular formula is C20H10F3NO5. The molecule has 4 rings (SSSR count). The van der Waals surface area contributed by atoms with Gasteiger partial charge in [-0.3, -0.25) is 10.1 Å². The molecule has 146 valence electrons. The number of rotatable bonds is 3. The number of nitro groups is 1. The summed E-state index contributed by atoms with van der Waals surface area (Å²) in [5.41, 5.74) is -2.44. The number of nitro benzene ring substituents is 1. The van der Waals surface area contributed by atoms with Crippen molar-refractivity contribution in [2.45, 2.75) is 6.18 Å². The van der Waals surface area contributed by atoms with Crippen LogP contribution in [0.3, 0.4) is 0 Å². The standard InChI is InChI=1S/C20H10F3NO5/c21-20(22,23)16-9-11(24(26)27)5-8-17(16)28-12-6-7-14-13-3-1-2-4-15(13)19(25)29-18(14)10-12/h1-10H. The number of ether oxygens (including phenoxy) is 1. The molecule has 29 heavy (non-hydrogen) atoms. The van der Waals surface area contributed by atoms with E-state index in [0.717, 1.165) is 12.1 Å². The predicted molar refractivity (Wildman–Crippen MR) is 98.2 cm³/mol. The van der Waals surface area contributed by atoms with E-state index in [4.69, 9.17) is 9.15 Å². The molecule has 1 heterocycles. The van der Waals surface area contributed by atoms with Crippen molar-refractivity contribution < 1.29 is 27.2 Å². The maximum Gasteiger partial charge on any atom is 0.420 e. The molecule has 0 atom stereocenters. The quantitative estimate of drug-likeness (QED) is 0.191. The van der Waals surface area contributed by atoms with E-state index in [1.807, 2.05) is 0 Å². The van der Waals surface area contributed by atoms with E-state index in [1.165, 1.54) is 12.1 Å². The van der Waals surface area contributed by atoms with Crippen molar-refractivity contribution in [3.05, 3.63) is 86.8 Å². The first-order valence-electron chi connectivity index (χ1n) is 8.23. The van der Waals surface area contributed by atoms with Crippen LogP contribution in [0.5, 0.6) is 11.5 Å². The van der Waals surface area contributed by atoms with Gasteiger partial charge in [-0.15, -0.1) is 0 Å². The van der Waals surface area contributed by atoms with E-state index in [2.05, 4.69) is 0 Å². The molecule has 0 bridgehead atoms. The third-order valence-corrected chi connectivity index (χ3v) is 4.30. The van der Waals surface area contributed by atoms with Crippen molar-refractivity contribution in [3.8, 4) is 11.5 Å². The molecule has 0 aliphatic heterocycles. The first-order chi connectivity index (χ1) is 13.7. The first-order valence-corrected chi connectivity index (χ1v) is 8.23. The van der Waals surface area contributed by atoms with Crippen LogP contribution in [-0.2, 0) is 6.18 Å². The summed E-state index contributed by atoms with van der Waals surface area (Å²) in [6.45, 7) is 0. The highest BCUT2D eigenvalue weighted by atomic mass is 19.4. The highest BCUT2D eigenvalue weighted by Crippen LogP contribution is 2.40. The number of alkyl halides is 3. The maximum absolute atomic E-state index is 13.3. The van der Waals surface area contributed by atoms with Gasteiger partial charge in [0.15, 0.2) is 0 Å². The number of non-ortho nitro benzene ring substituents is 1. The van der Waals surface area contributed by atoms with Gasteiger partial charge in [-0.05, 0) is 29.7 Å². The van der Waals surface area contributed by atoms with Crippen LogP contribution in [0.2, 0.25) is 0 Å². The summed E-state index contributed by atoms with van der Waals surface area (Å²) in [6.07, 6.45) is -4.86. The highest BCUT2D eigenvalue weighted by molar-refractivity contribution is 6.04. The monoisotopic (exact) mass is 401 g/mol. The number of fused-ring (bicyclic) bond motifs is 3. The Morgan fingerprint density at radius 2 is 1.66 bits per heavy atom. The van der Waals surface area contributed by atoms with E-state index >= 15 is 0 Å². The molecule has 0 saturated carbocycles. The summed E-state index contributed by atoms with van der Waals surface area (Å²) in [5.74, 6) is -0.624. The molecule has 0 unspecified atom stereocenters. The lowest BCUT2D eigenvalue weighted by Crippen LogP contribution is -2.08. The van der Waals surface area contributed by atoms with Gasteiger partial charge in [0.1, 0.15) is 22.6 Å². The van der Waals surface area contributed by atoms with Crippen LogP contribution >= 0.6 is 0 Å². The summed E-state index contributed by atoms with van der Waals surface area (Å²) in [7, 11) is 0. The van der Waals surface area contributed by atoms with Crippen molar-refractivity contribution in [1.29, 1.82) is 0 Å². The van der Waals surface area contributed by atoms with Gasteiger partial charge in [0.05, 0.1) is 10.3 Å². The van der Waals surface area contributed by atoms with Gasteiger partial charge in [-0.25, -0.2) is 4.79 Å². The van der Waals surface area contributed by atoms with Gasteiger partial charge in [0, 0.05) is 23.6 Å². The third-order valence-electron chi connectivity index (χ3n) is 4.30. The Labute approximate surface area is 159 Å². The van der Waals surface area contributed by atoms with Crippen molar-refractivity contribution in [2.75, 3.05) is 0 Å². The minimum Gasteiger partial charge on any atom is -0.457 e. The summed E-state index contributed by atoms with van der Waals surface area (Å²) in [4.78, 5) is 22.0. The Kier molecular flexibility index (Phi) is 4.22. The van der Waals surface area contributed by atoms with Gasteiger partial charge in [-0.2, -0.15) is 13.2 Å².